The highest BCUT2D eigenvalue weighted by Crippen LogP contribution is 2.42. The Kier molecular flexibility index (Phi) is 6.98. The molecule has 1 aromatic heterocycles. The number of halogens is 2. The van der Waals surface area contributed by atoms with Crippen molar-refractivity contribution in [3.8, 4) is 11.1 Å². The van der Waals surface area contributed by atoms with Gasteiger partial charge in [-0.15, -0.1) is 0 Å². The topological polar surface area (TPSA) is 132 Å². The summed E-state index contributed by atoms with van der Waals surface area (Å²) in [7, 11) is 0. The maximum atomic E-state index is 13.6. The zero-order valence-corrected chi connectivity index (χ0v) is 21.4. The molecule has 11 heteroatoms. The van der Waals surface area contributed by atoms with Crippen molar-refractivity contribution in [1.29, 1.82) is 0 Å². The number of urea groups is 1. The second-order valence-electron chi connectivity index (χ2n) is 10.9. The summed E-state index contributed by atoms with van der Waals surface area (Å²) in [5, 5.41) is 2.54. The van der Waals surface area contributed by atoms with Crippen LogP contribution < -0.4 is 11.1 Å². The van der Waals surface area contributed by atoms with E-state index >= 15 is 0 Å². The van der Waals surface area contributed by atoms with Gasteiger partial charge < -0.3 is 15.8 Å². The number of ether oxygens (including phenoxy) is 1. The third-order valence-electron chi connectivity index (χ3n) is 7.06. The minimum absolute atomic E-state index is 0.174. The molecular formula is C27H30F2N4O5. The summed E-state index contributed by atoms with van der Waals surface area (Å²) < 4.78 is 32.6. The molecule has 38 heavy (non-hydrogen) atoms. The Morgan fingerprint density at radius 2 is 1.74 bits per heavy atom. The summed E-state index contributed by atoms with van der Waals surface area (Å²) >= 11 is 0. The van der Waals surface area contributed by atoms with E-state index < -0.39 is 66.2 Å². The second-order valence-corrected chi connectivity index (χ2v) is 10.9. The van der Waals surface area contributed by atoms with Gasteiger partial charge in [0, 0.05) is 47.3 Å². The average molecular weight is 529 g/mol. The van der Waals surface area contributed by atoms with Crippen LogP contribution in [0.3, 0.4) is 0 Å². The predicted octanol–water partition coefficient (Wildman–Crippen LogP) is 4.61. The Morgan fingerprint density at radius 1 is 1.11 bits per heavy atom. The summed E-state index contributed by atoms with van der Waals surface area (Å²) in [6.07, 6.45) is 0.286. The number of amides is 4. The van der Waals surface area contributed by atoms with E-state index in [0.29, 0.717) is 16.7 Å². The first-order chi connectivity index (χ1) is 17.7. The number of nitrogens with one attached hydrogen (secondary N) is 1. The van der Waals surface area contributed by atoms with Crippen molar-refractivity contribution in [1.82, 2.24) is 15.2 Å². The van der Waals surface area contributed by atoms with Gasteiger partial charge in [-0.3, -0.25) is 19.5 Å². The number of carbonyl (C=O) groups is 4. The molecule has 3 N–H and O–H groups in total. The number of imide groups is 1. The maximum Gasteiger partial charge on any atom is 0.405 e. The number of primary amides is 1. The molecule has 1 aliphatic carbocycles. The van der Waals surface area contributed by atoms with Crippen molar-refractivity contribution in [2.45, 2.75) is 64.0 Å². The molecule has 2 heterocycles. The van der Waals surface area contributed by atoms with Gasteiger partial charge in [-0.1, -0.05) is 45.0 Å². The fourth-order valence-electron chi connectivity index (χ4n) is 4.97. The van der Waals surface area contributed by atoms with E-state index in [1.54, 1.807) is 42.7 Å². The predicted molar refractivity (Wildman–Crippen MR) is 133 cm³/mol. The molecule has 202 valence electrons. The third-order valence-corrected chi connectivity index (χ3v) is 7.06. The molecule has 2 aliphatic rings. The number of carbonyl (C=O) groups excluding carboxylic acids is 4. The zero-order chi connectivity index (χ0) is 27.9. The Hall–Kier alpha value is -3.89. The number of nitrogens with zero attached hydrogens (tertiary/aromatic N) is 2. The van der Waals surface area contributed by atoms with Crippen LogP contribution in [0.25, 0.3) is 11.1 Å². The molecule has 4 rings (SSSR count). The van der Waals surface area contributed by atoms with Gasteiger partial charge in [-0.25, -0.2) is 18.4 Å². The van der Waals surface area contributed by atoms with E-state index in [9.17, 15) is 28.0 Å². The third kappa shape index (κ3) is 5.36. The molecule has 1 aromatic carbocycles. The number of Topliss-reactive ketones (excluding diaryl/α,β-unsaturated/α-hetero) is 1. The summed E-state index contributed by atoms with van der Waals surface area (Å²) in [5.74, 6) is -3.99. The number of nitrogens with two attached hydrogens (primary N) is 1. The highest BCUT2D eigenvalue weighted by atomic mass is 19.3. The fourth-order valence-corrected chi connectivity index (χ4v) is 4.97. The van der Waals surface area contributed by atoms with E-state index in [1.807, 2.05) is 20.8 Å². The van der Waals surface area contributed by atoms with Gasteiger partial charge in [0.25, 0.3) is 5.91 Å². The minimum Gasteiger partial charge on any atom is -0.441 e. The number of hydrogen-bond acceptors (Lipinski definition) is 6. The first-order valence-corrected chi connectivity index (χ1v) is 12.3. The highest BCUT2D eigenvalue weighted by molar-refractivity contribution is 6.11. The summed E-state index contributed by atoms with van der Waals surface area (Å²) in [6.45, 7) is 5.22. The Morgan fingerprint density at radius 3 is 2.32 bits per heavy atom. The lowest BCUT2D eigenvalue weighted by Gasteiger charge is -2.34. The summed E-state index contributed by atoms with van der Waals surface area (Å²) in [6, 6.07) is 7.48. The van der Waals surface area contributed by atoms with Crippen LogP contribution in [0, 0.1) is 5.41 Å². The Balaban J connectivity index is 1.52. The van der Waals surface area contributed by atoms with Gasteiger partial charge in [0.05, 0.1) is 6.54 Å². The number of aromatic nitrogens is 1. The van der Waals surface area contributed by atoms with Crippen LogP contribution in [-0.2, 0) is 9.53 Å². The molecule has 1 atom stereocenters. The van der Waals surface area contributed by atoms with E-state index in [1.165, 1.54) is 0 Å². The average Bonchev–Trinajstić information content (AvgIpc) is 3.08. The van der Waals surface area contributed by atoms with Gasteiger partial charge in [-0.05, 0) is 24.5 Å². The molecule has 2 aromatic rings. The molecule has 1 aliphatic heterocycles. The normalized spacial score (nSPS) is 19.2. The molecule has 9 nitrogen and oxygen atoms in total. The summed E-state index contributed by atoms with van der Waals surface area (Å²) in [5.41, 5.74) is 5.78. The van der Waals surface area contributed by atoms with Crippen molar-refractivity contribution >= 4 is 23.8 Å². The van der Waals surface area contributed by atoms with E-state index in [-0.39, 0.29) is 18.4 Å². The molecule has 1 unspecified atom stereocenters. The molecule has 1 spiro atoms. The van der Waals surface area contributed by atoms with Crippen molar-refractivity contribution in [2.75, 3.05) is 6.54 Å². The van der Waals surface area contributed by atoms with Gasteiger partial charge in [0.15, 0.2) is 5.78 Å². The number of rotatable bonds is 6. The van der Waals surface area contributed by atoms with Gasteiger partial charge in [-0.2, -0.15) is 0 Å². The lowest BCUT2D eigenvalue weighted by atomic mass is 9.80. The van der Waals surface area contributed by atoms with Crippen LogP contribution in [0.4, 0.5) is 18.4 Å². The van der Waals surface area contributed by atoms with E-state index in [4.69, 9.17) is 10.5 Å². The number of alkyl halides is 2. The molecular weight excluding hydrogens is 498 g/mol. The highest BCUT2D eigenvalue weighted by Gasteiger charge is 2.55. The SMILES string of the molecule is CC(C)(C)C(OC(N)=O)c1ccncc1-c1ccc(C(=O)CN2C(=O)NC3(CCC(F)(F)CC3)C2=O)cc1. The first-order valence-electron chi connectivity index (χ1n) is 12.3. The minimum atomic E-state index is -2.87. The lowest BCUT2D eigenvalue weighted by molar-refractivity contribution is -0.135. The molecule has 4 amide bonds. The first kappa shape index (κ1) is 27.2. The number of pyridine rings is 1. The molecule has 2 fully saturated rings. The fraction of sp³-hybridized carbons (Fsp3) is 0.444. The van der Waals surface area contributed by atoms with Gasteiger partial charge in [0.2, 0.25) is 5.92 Å². The number of hydrogen-bond donors (Lipinski definition) is 2. The number of ketones is 1. The van der Waals surface area contributed by atoms with Crippen LogP contribution in [-0.4, -0.2) is 51.7 Å². The zero-order valence-electron chi connectivity index (χ0n) is 21.4. The molecule has 1 saturated carbocycles. The lowest BCUT2D eigenvalue weighted by Crippen LogP contribution is -2.51. The van der Waals surface area contributed by atoms with Crippen LogP contribution >= 0.6 is 0 Å². The van der Waals surface area contributed by atoms with Crippen LogP contribution in [0.5, 0.6) is 0 Å². The van der Waals surface area contributed by atoms with Crippen molar-refractivity contribution in [3.05, 3.63) is 53.9 Å². The smallest absolute Gasteiger partial charge is 0.405 e. The second kappa shape index (κ2) is 9.77. The Bertz CT molecular complexity index is 1260. The Labute approximate surface area is 218 Å². The quantitative estimate of drug-likeness (QED) is 0.416. The van der Waals surface area contributed by atoms with Crippen molar-refractivity contribution in [3.63, 3.8) is 0 Å². The van der Waals surface area contributed by atoms with Crippen LogP contribution in [0.2, 0.25) is 0 Å². The monoisotopic (exact) mass is 528 g/mol. The standard InChI is InChI=1S/C27H30F2N4O5/c1-25(2,3)21(38-23(30)36)18-8-13-31-14-19(18)16-4-6-17(7-5-16)20(34)15-33-22(35)26(32-24(33)37)9-11-27(28,29)12-10-26/h4-8,13-14,21H,9-12,15H2,1-3H3,(H2,30,36)(H,32,37). The molecule has 0 radical (unpaired) electrons. The van der Waals surface area contributed by atoms with Crippen molar-refractivity contribution in [2.24, 2.45) is 11.1 Å². The van der Waals surface area contributed by atoms with Crippen LogP contribution in [0.15, 0.2) is 42.7 Å². The van der Waals surface area contributed by atoms with E-state index in [2.05, 4.69) is 10.3 Å². The molecule has 1 saturated heterocycles. The van der Waals surface area contributed by atoms with Gasteiger partial charge in [0.1, 0.15) is 11.6 Å². The number of benzene rings is 1. The van der Waals surface area contributed by atoms with Crippen LogP contribution in [0.1, 0.15) is 68.5 Å². The largest absolute Gasteiger partial charge is 0.441 e. The molecule has 0 bridgehead atoms. The van der Waals surface area contributed by atoms with E-state index in [0.717, 1.165) is 4.90 Å². The van der Waals surface area contributed by atoms with Gasteiger partial charge >= 0.3 is 12.1 Å². The van der Waals surface area contributed by atoms with Crippen molar-refractivity contribution < 1.29 is 32.7 Å². The summed E-state index contributed by atoms with van der Waals surface area (Å²) in [4.78, 5) is 55.0. The maximum absolute atomic E-state index is 13.6.